The number of nitrogens with two attached hydrogens (primary N) is 1. The van der Waals surface area contributed by atoms with E-state index in [0.29, 0.717) is 32.5 Å². The number of carbonyl (C=O) groups excluding carboxylic acids is 3. The van der Waals surface area contributed by atoms with Crippen LogP contribution < -0.4 is 5.73 Å². The third kappa shape index (κ3) is 3.90. The van der Waals surface area contributed by atoms with Gasteiger partial charge in [-0.15, -0.1) is 0 Å². The van der Waals surface area contributed by atoms with E-state index in [1.54, 1.807) is 9.80 Å². The van der Waals surface area contributed by atoms with Gasteiger partial charge in [0.15, 0.2) is 0 Å². The lowest BCUT2D eigenvalue weighted by Gasteiger charge is -2.37. The van der Waals surface area contributed by atoms with Gasteiger partial charge in [-0.3, -0.25) is 9.59 Å². The number of ether oxygens (including phenoxy) is 1. The van der Waals surface area contributed by atoms with E-state index in [1.165, 1.54) is 0 Å². The highest BCUT2D eigenvalue weighted by Gasteiger charge is 2.38. The van der Waals surface area contributed by atoms with Gasteiger partial charge >= 0.3 is 6.09 Å². The summed E-state index contributed by atoms with van der Waals surface area (Å²) in [6.07, 6.45) is 1.31. The molecule has 7 heteroatoms. The average molecular weight is 311 g/mol. The molecule has 0 aliphatic carbocycles. The van der Waals surface area contributed by atoms with E-state index in [-0.39, 0.29) is 30.4 Å². The van der Waals surface area contributed by atoms with E-state index in [2.05, 4.69) is 0 Å². The number of likely N-dealkylation sites (tertiary alicyclic amines) is 2. The molecular formula is C15H25N3O4. The van der Waals surface area contributed by atoms with E-state index in [9.17, 15) is 14.4 Å². The Hall–Kier alpha value is -1.79. The number of hydrogen-bond donors (Lipinski definition) is 1. The zero-order valence-corrected chi connectivity index (χ0v) is 13.5. The molecule has 0 aromatic rings. The number of rotatable bonds is 2. The molecule has 2 saturated heterocycles. The quantitative estimate of drug-likeness (QED) is 0.813. The Kier molecular flexibility index (Phi) is 4.63. The predicted octanol–water partition coefficient (Wildman–Crippen LogP) is 0.720. The van der Waals surface area contributed by atoms with Gasteiger partial charge in [-0.1, -0.05) is 0 Å². The molecule has 3 amide bonds. The predicted molar refractivity (Wildman–Crippen MR) is 79.8 cm³/mol. The Morgan fingerprint density at radius 3 is 2.27 bits per heavy atom. The SMILES string of the molecule is CC(C)(C)OC(=O)N1CCC(N2CC(C(N)=O)CC2=O)CC1. The first-order valence-corrected chi connectivity index (χ1v) is 7.74. The summed E-state index contributed by atoms with van der Waals surface area (Å²) in [5, 5.41) is 0. The van der Waals surface area contributed by atoms with Crippen molar-refractivity contribution < 1.29 is 19.1 Å². The molecular weight excluding hydrogens is 286 g/mol. The van der Waals surface area contributed by atoms with Crippen LogP contribution in [0.15, 0.2) is 0 Å². The van der Waals surface area contributed by atoms with Crippen molar-refractivity contribution in [2.24, 2.45) is 11.7 Å². The molecule has 0 saturated carbocycles. The molecule has 2 heterocycles. The lowest BCUT2D eigenvalue weighted by atomic mass is 10.0. The Balaban J connectivity index is 1.86. The van der Waals surface area contributed by atoms with Crippen molar-refractivity contribution in [2.75, 3.05) is 19.6 Å². The average Bonchev–Trinajstić information content (AvgIpc) is 2.79. The van der Waals surface area contributed by atoms with Crippen LogP contribution in [0, 0.1) is 5.92 Å². The maximum Gasteiger partial charge on any atom is 0.410 e. The van der Waals surface area contributed by atoms with Crippen LogP contribution in [-0.4, -0.2) is 59.0 Å². The Morgan fingerprint density at radius 2 is 1.82 bits per heavy atom. The third-order valence-electron chi connectivity index (χ3n) is 4.12. The second-order valence-corrected chi connectivity index (χ2v) is 7.05. The minimum Gasteiger partial charge on any atom is -0.444 e. The first-order valence-electron chi connectivity index (χ1n) is 7.74. The number of carbonyl (C=O) groups is 3. The molecule has 2 aliphatic rings. The van der Waals surface area contributed by atoms with E-state index >= 15 is 0 Å². The first kappa shape index (κ1) is 16.6. The minimum atomic E-state index is -0.506. The summed E-state index contributed by atoms with van der Waals surface area (Å²) >= 11 is 0. The highest BCUT2D eigenvalue weighted by Crippen LogP contribution is 2.26. The fraction of sp³-hybridized carbons (Fsp3) is 0.800. The lowest BCUT2D eigenvalue weighted by Crippen LogP contribution is -2.48. The molecule has 22 heavy (non-hydrogen) atoms. The van der Waals surface area contributed by atoms with Gasteiger partial charge in [0.05, 0.1) is 5.92 Å². The molecule has 0 aromatic carbocycles. The molecule has 2 fully saturated rings. The van der Waals surface area contributed by atoms with Crippen molar-refractivity contribution in [3.05, 3.63) is 0 Å². The lowest BCUT2D eigenvalue weighted by molar-refractivity contribution is -0.130. The number of nitrogens with zero attached hydrogens (tertiary/aromatic N) is 2. The van der Waals surface area contributed by atoms with Crippen LogP contribution in [0.25, 0.3) is 0 Å². The van der Waals surface area contributed by atoms with E-state index in [0.717, 1.165) is 0 Å². The maximum absolute atomic E-state index is 12.0. The van der Waals surface area contributed by atoms with E-state index in [1.807, 2.05) is 20.8 Å². The summed E-state index contributed by atoms with van der Waals surface area (Å²) in [7, 11) is 0. The van der Waals surface area contributed by atoms with Crippen molar-refractivity contribution in [3.63, 3.8) is 0 Å². The van der Waals surface area contributed by atoms with Gasteiger partial charge in [-0.25, -0.2) is 4.79 Å². The summed E-state index contributed by atoms with van der Waals surface area (Å²) in [4.78, 5) is 38.7. The minimum absolute atomic E-state index is 0.0143. The third-order valence-corrected chi connectivity index (χ3v) is 4.12. The molecule has 1 atom stereocenters. The van der Waals surface area contributed by atoms with Crippen LogP contribution >= 0.6 is 0 Å². The molecule has 0 spiro atoms. The summed E-state index contributed by atoms with van der Waals surface area (Å²) in [5.74, 6) is -0.807. The Bertz CT molecular complexity index is 464. The number of amides is 3. The zero-order valence-electron chi connectivity index (χ0n) is 13.5. The summed E-state index contributed by atoms with van der Waals surface area (Å²) in [6.45, 7) is 7.04. The van der Waals surface area contributed by atoms with E-state index < -0.39 is 11.5 Å². The Labute approximate surface area is 130 Å². The molecule has 1 unspecified atom stereocenters. The van der Waals surface area contributed by atoms with Crippen molar-refractivity contribution in [1.29, 1.82) is 0 Å². The fourth-order valence-corrected chi connectivity index (χ4v) is 2.96. The van der Waals surface area contributed by atoms with Crippen molar-refractivity contribution in [1.82, 2.24) is 9.80 Å². The van der Waals surface area contributed by atoms with Gasteiger partial charge in [0, 0.05) is 32.1 Å². The number of hydrogen-bond acceptors (Lipinski definition) is 4. The largest absolute Gasteiger partial charge is 0.444 e. The smallest absolute Gasteiger partial charge is 0.410 e. The molecule has 0 aromatic heterocycles. The van der Waals surface area contributed by atoms with Crippen molar-refractivity contribution in [2.45, 2.75) is 51.7 Å². The van der Waals surface area contributed by atoms with Gasteiger partial charge in [-0.05, 0) is 33.6 Å². The van der Waals surface area contributed by atoms with Crippen molar-refractivity contribution in [3.8, 4) is 0 Å². The molecule has 2 aliphatic heterocycles. The van der Waals surface area contributed by atoms with Gasteiger partial charge in [0.2, 0.25) is 11.8 Å². The first-order chi connectivity index (χ1) is 10.2. The second-order valence-electron chi connectivity index (χ2n) is 7.05. The molecule has 0 bridgehead atoms. The second kappa shape index (κ2) is 6.14. The van der Waals surface area contributed by atoms with Gasteiger partial charge < -0.3 is 20.3 Å². The van der Waals surface area contributed by atoms with Gasteiger partial charge in [0.1, 0.15) is 5.60 Å². The van der Waals surface area contributed by atoms with Gasteiger partial charge in [0.25, 0.3) is 0 Å². The molecule has 2 rings (SSSR count). The van der Waals surface area contributed by atoms with Gasteiger partial charge in [-0.2, -0.15) is 0 Å². The van der Waals surface area contributed by atoms with Crippen LogP contribution in [0.3, 0.4) is 0 Å². The van der Waals surface area contributed by atoms with Crippen LogP contribution in [0.2, 0.25) is 0 Å². The summed E-state index contributed by atoms with van der Waals surface area (Å²) in [5.41, 5.74) is 4.78. The topological polar surface area (TPSA) is 92.9 Å². The Morgan fingerprint density at radius 1 is 1.23 bits per heavy atom. The monoisotopic (exact) mass is 311 g/mol. The van der Waals surface area contributed by atoms with Crippen LogP contribution in [-0.2, 0) is 14.3 Å². The normalized spacial score (nSPS) is 23.8. The highest BCUT2D eigenvalue weighted by molar-refractivity contribution is 5.88. The zero-order chi connectivity index (χ0) is 16.5. The summed E-state index contributed by atoms with van der Waals surface area (Å²) in [6, 6.07) is 0.0792. The summed E-state index contributed by atoms with van der Waals surface area (Å²) < 4.78 is 5.35. The molecule has 7 nitrogen and oxygen atoms in total. The standard InChI is InChI=1S/C15H25N3O4/c1-15(2,3)22-14(21)17-6-4-11(5-7-17)18-9-10(13(16)20)8-12(18)19/h10-11H,4-9H2,1-3H3,(H2,16,20). The molecule has 124 valence electrons. The van der Waals surface area contributed by atoms with E-state index in [4.69, 9.17) is 10.5 Å². The van der Waals surface area contributed by atoms with Crippen molar-refractivity contribution >= 4 is 17.9 Å². The molecule has 0 radical (unpaired) electrons. The maximum atomic E-state index is 12.0. The highest BCUT2D eigenvalue weighted by atomic mass is 16.6. The molecule has 2 N–H and O–H groups in total. The number of piperidine rings is 1. The fourth-order valence-electron chi connectivity index (χ4n) is 2.96. The van der Waals surface area contributed by atoms with Crippen LogP contribution in [0.5, 0.6) is 0 Å². The van der Waals surface area contributed by atoms with Crippen LogP contribution in [0.1, 0.15) is 40.0 Å². The van der Waals surface area contributed by atoms with Crippen LogP contribution in [0.4, 0.5) is 4.79 Å². The number of primary amides is 1.